The number of hydrogen-bond acceptors (Lipinski definition) is 3. The van der Waals surface area contributed by atoms with E-state index in [2.05, 4.69) is 13.8 Å². The number of rotatable bonds is 6. The van der Waals surface area contributed by atoms with Crippen LogP contribution in [0.25, 0.3) is 0 Å². The van der Waals surface area contributed by atoms with Crippen molar-refractivity contribution in [1.82, 2.24) is 0 Å². The summed E-state index contributed by atoms with van der Waals surface area (Å²) in [6.45, 7) is 9.78. The molecule has 3 unspecified atom stereocenters. The molecule has 0 aromatic carbocycles. The lowest BCUT2D eigenvalue weighted by molar-refractivity contribution is -0.110. The van der Waals surface area contributed by atoms with Crippen LogP contribution in [0.3, 0.4) is 0 Å². The minimum atomic E-state index is -0.151. The summed E-state index contributed by atoms with van der Waals surface area (Å²) in [6, 6.07) is -0.00685. The topological polar surface area (TPSA) is 44.5 Å². The molecule has 0 heterocycles. The van der Waals surface area contributed by atoms with Gasteiger partial charge in [-0.05, 0) is 39.5 Å². The van der Waals surface area contributed by atoms with E-state index in [1.54, 1.807) is 0 Å². The number of hydrogen-bond donors (Lipinski definition) is 1. The monoisotopic (exact) mass is 243 g/mol. The van der Waals surface area contributed by atoms with Crippen LogP contribution in [0.5, 0.6) is 0 Å². The summed E-state index contributed by atoms with van der Waals surface area (Å²) in [5, 5.41) is 0. The van der Waals surface area contributed by atoms with Crippen molar-refractivity contribution in [2.75, 3.05) is 13.2 Å². The van der Waals surface area contributed by atoms with Crippen LogP contribution in [0.4, 0.5) is 0 Å². The highest BCUT2D eigenvalue weighted by molar-refractivity contribution is 4.95. The smallest absolute Gasteiger partial charge is 0.0857 e. The molecule has 1 fully saturated rings. The van der Waals surface area contributed by atoms with Crippen molar-refractivity contribution in [3.05, 3.63) is 0 Å². The fourth-order valence-electron chi connectivity index (χ4n) is 2.85. The van der Waals surface area contributed by atoms with Crippen LogP contribution in [-0.2, 0) is 9.47 Å². The summed E-state index contributed by atoms with van der Waals surface area (Å²) >= 11 is 0. The Labute approximate surface area is 106 Å². The Balaban J connectivity index is 2.61. The fraction of sp³-hybridized carbons (Fsp3) is 1.00. The number of ether oxygens (including phenoxy) is 2. The van der Waals surface area contributed by atoms with Gasteiger partial charge in [-0.3, -0.25) is 0 Å². The first-order valence-corrected chi connectivity index (χ1v) is 7.01. The second-order valence-electron chi connectivity index (χ2n) is 5.69. The third-order valence-electron chi connectivity index (χ3n) is 3.71. The number of nitrogens with two attached hydrogens (primary N) is 1. The van der Waals surface area contributed by atoms with Gasteiger partial charge in [0, 0.05) is 6.61 Å². The van der Waals surface area contributed by atoms with E-state index in [1.165, 1.54) is 12.8 Å². The van der Waals surface area contributed by atoms with E-state index in [9.17, 15) is 0 Å². The van der Waals surface area contributed by atoms with Gasteiger partial charge in [0.2, 0.25) is 0 Å². The largest absolute Gasteiger partial charge is 0.377 e. The van der Waals surface area contributed by atoms with Crippen LogP contribution in [0.2, 0.25) is 0 Å². The van der Waals surface area contributed by atoms with Crippen LogP contribution < -0.4 is 5.73 Å². The Bertz CT molecular complexity index is 216. The van der Waals surface area contributed by atoms with E-state index in [-0.39, 0.29) is 17.7 Å². The zero-order chi connectivity index (χ0) is 12.9. The molecule has 3 atom stereocenters. The standard InChI is InChI=1S/C14H29NO2/c1-5-17-14(8-6-7-12(4)9-14)13(15)10-16-11(2)3/h11-13H,5-10,15H2,1-4H3. The van der Waals surface area contributed by atoms with E-state index < -0.39 is 0 Å². The lowest BCUT2D eigenvalue weighted by Gasteiger charge is -2.43. The summed E-state index contributed by atoms with van der Waals surface area (Å²) in [5.74, 6) is 0.709. The average molecular weight is 243 g/mol. The zero-order valence-electron chi connectivity index (χ0n) is 11.9. The molecule has 0 aromatic heterocycles. The van der Waals surface area contributed by atoms with Gasteiger partial charge in [0.25, 0.3) is 0 Å². The molecule has 17 heavy (non-hydrogen) atoms. The first kappa shape index (κ1) is 14.9. The molecule has 2 N–H and O–H groups in total. The van der Waals surface area contributed by atoms with Gasteiger partial charge in [-0.25, -0.2) is 0 Å². The van der Waals surface area contributed by atoms with Crippen molar-refractivity contribution in [2.24, 2.45) is 11.7 Å². The molecule has 0 aliphatic heterocycles. The first-order valence-electron chi connectivity index (χ1n) is 7.01. The minimum absolute atomic E-state index is 0.00685. The molecule has 1 rings (SSSR count). The Morgan fingerprint density at radius 1 is 1.41 bits per heavy atom. The second-order valence-corrected chi connectivity index (χ2v) is 5.69. The van der Waals surface area contributed by atoms with Gasteiger partial charge < -0.3 is 15.2 Å². The van der Waals surface area contributed by atoms with Gasteiger partial charge in [0.1, 0.15) is 0 Å². The van der Waals surface area contributed by atoms with Crippen molar-refractivity contribution in [1.29, 1.82) is 0 Å². The lowest BCUT2D eigenvalue weighted by atomic mass is 9.75. The molecule has 0 saturated heterocycles. The maximum absolute atomic E-state index is 6.33. The van der Waals surface area contributed by atoms with Crippen LogP contribution >= 0.6 is 0 Å². The molecule has 0 amide bonds. The van der Waals surface area contributed by atoms with Gasteiger partial charge >= 0.3 is 0 Å². The van der Waals surface area contributed by atoms with Gasteiger partial charge in [-0.1, -0.05) is 19.8 Å². The van der Waals surface area contributed by atoms with Crippen LogP contribution in [0.1, 0.15) is 53.4 Å². The third kappa shape index (κ3) is 4.23. The van der Waals surface area contributed by atoms with E-state index in [4.69, 9.17) is 15.2 Å². The molecule has 1 aliphatic carbocycles. The van der Waals surface area contributed by atoms with Crippen molar-refractivity contribution in [3.63, 3.8) is 0 Å². The highest BCUT2D eigenvalue weighted by Crippen LogP contribution is 2.37. The predicted molar refractivity (Wildman–Crippen MR) is 71.1 cm³/mol. The minimum Gasteiger partial charge on any atom is -0.377 e. The Hall–Kier alpha value is -0.120. The first-order chi connectivity index (χ1) is 8.00. The van der Waals surface area contributed by atoms with E-state index in [0.717, 1.165) is 19.4 Å². The van der Waals surface area contributed by atoms with Gasteiger partial charge in [-0.2, -0.15) is 0 Å². The zero-order valence-corrected chi connectivity index (χ0v) is 11.9. The van der Waals surface area contributed by atoms with Gasteiger partial charge in [0.15, 0.2) is 0 Å². The second kappa shape index (κ2) is 6.72. The van der Waals surface area contributed by atoms with Crippen molar-refractivity contribution < 1.29 is 9.47 Å². The molecule has 1 aliphatic rings. The maximum atomic E-state index is 6.33. The van der Waals surface area contributed by atoms with Gasteiger partial charge in [-0.15, -0.1) is 0 Å². The Morgan fingerprint density at radius 3 is 2.65 bits per heavy atom. The SMILES string of the molecule is CCOC1(C(N)COC(C)C)CCCC(C)C1. The van der Waals surface area contributed by atoms with Crippen molar-refractivity contribution in [2.45, 2.75) is 71.1 Å². The molecule has 0 aromatic rings. The lowest BCUT2D eigenvalue weighted by Crippen LogP contribution is -2.55. The van der Waals surface area contributed by atoms with Crippen molar-refractivity contribution in [3.8, 4) is 0 Å². The van der Waals surface area contributed by atoms with Gasteiger partial charge in [0.05, 0.1) is 24.4 Å². The summed E-state index contributed by atoms with van der Waals surface area (Å²) in [5.41, 5.74) is 6.18. The molecule has 102 valence electrons. The fourth-order valence-corrected chi connectivity index (χ4v) is 2.85. The Morgan fingerprint density at radius 2 is 2.12 bits per heavy atom. The molecule has 0 radical (unpaired) electrons. The summed E-state index contributed by atoms with van der Waals surface area (Å²) < 4.78 is 11.7. The summed E-state index contributed by atoms with van der Waals surface area (Å²) in [7, 11) is 0. The maximum Gasteiger partial charge on any atom is 0.0857 e. The molecule has 3 nitrogen and oxygen atoms in total. The molecule has 0 spiro atoms. The van der Waals surface area contributed by atoms with Crippen LogP contribution in [0.15, 0.2) is 0 Å². The van der Waals surface area contributed by atoms with Crippen molar-refractivity contribution >= 4 is 0 Å². The highest BCUT2D eigenvalue weighted by Gasteiger charge is 2.41. The van der Waals surface area contributed by atoms with E-state index in [1.807, 2.05) is 13.8 Å². The molecular weight excluding hydrogens is 214 g/mol. The third-order valence-corrected chi connectivity index (χ3v) is 3.71. The average Bonchev–Trinajstić information content (AvgIpc) is 2.26. The van der Waals surface area contributed by atoms with E-state index in [0.29, 0.717) is 12.5 Å². The molecular formula is C14H29NO2. The molecule has 0 bridgehead atoms. The molecule has 3 heteroatoms. The summed E-state index contributed by atoms with van der Waals surface area (Å²) in [4.78, 5) is 0. The molecule has 1 saturated carbocycles. The highest BCUT2D eigenvalue weighted by atomic mass is 16.5. The van der Waals surface area contributed by atoms with Crippen LogP contribution in [0, 0.1) is 5.92 Å². The summed E-state index contributed by atoms with van der Waals surface area (Å²) in [6.07, 6.45) is 4.90. The van der Waals surface area contributed by atoms with Crippen LogP contribution in [-0.4, -0.2) is 31.0 Å². The predicted octanol–water partition coefficient (Wildman–Crippen LogP) is 2.72. The normalized spacial score (nSPS) is 31.8. The Kier molecular flexibility index (Phi) is 5.90. The quantitative estimate of drug-likeness (QED) is 0.780. The van der Waals surface area contributed by atoms with E-state index >= 15 is 0 Å².